The SMILES string of the molecule is CCC1(C2CCC2)CC(Cl)CCO1. The van der Waals surface area contributed by atoms with Crippen LogP contribution < -0.4 is 0 Å². The van der Waals surface area contributed by atoms with E-state index in [1.54, 1.807) is 0 Å². The molecular formula is C11H19ClO. The molecule has 1 heterocycles. The smallest absolute Gasteiger partial charge is 0.0722 e. The average molecular weight is 203 g/mol. The number of hydrogen-bond donors (Lipinski definition) is 0. The van der Waals surface area contributed by atoms with Crippen molar-refractivity contribution in [3.05, 3.63) is 0 Å². The zero-order valence-electron chi connectivity index (χ0n) is 8.39. The molecular weight excluding hydrogens is 184 g/mol. The van der Waals surface area contributed by atoms with E-state index >= 15 is 0 Å². The molecule has 76 valence electrons. The fraction of sp³-hybridized carbons (Fsp3) is 1.00. The highest BCUT2D eigenvalue weighted by Crippen LogP contribution is 2.46. The van der Waals surface area contributed by atoms with Gasteiger partial charge in [-0.25, -0.2) is 0 Å². The average Bonchev–Trinajstić information content (AvgIpc) is 2.01. The lowest BCUT2D eigenvalue weighted by atomic mass is 9.68. The third-order valence-corrected chi connectivity index (χ3v) is 4.21. The molecule has 0 radical (unpaired) electrons. The quantitative estimate of drug-likeness (QED) is 0.624. The van der Waals surface area contributed by atoms with Crippen molar-refractivity contribution in [2.24, 2.45) is 5.92 Å². The van der Waals surface area contributed by atoms with E-state index in [9.17, 15) is 0 Å². The van der Waals surface area contributed by atoms with Gasteiger partial charge in [0.25, 0.3) is 0 Å². The van der Waals surface area contributed by atoms with Gasteiger partial charge in [-0.3, -0.25) is 0 Å². The third kappa shape index (κ3) is 1.73. The van der Waals surface area contributed by atoms with Crippen molar-refractivity contribution in [1.82, 2.24) is 0 Å². The number of halogens is 1. The first-order chi connectivity index (χ1) is 6.27. The van der Waals surface area contributed by atoms with Crippen molar-refractivity contribution in [3.8, 4) is 0 Å². The van der Waals surface area contributed by atoms with Crippen LogP contribution in [0.3, 0.4) is 0 Å². The highest BCUT2D eigenvalue weighted by molar-refractivity contribution is 6.20. The Labute approximate surface area is 85.8 Å². The Bertz CT molecular complexity index is 179. The molecule has 0 spiro atoms. The highest BCUT2D eigenvalue weighted by Gasteiger charge is 2.44. The van der Waals surface area contributed by atoms with Gasteiger partial charge in [0.05, 0.1) is 5.60 Å². The fourth-order valence-corrected chi connectivity index (χ4v) is 3.03. The Kier molecular flexibility index (Phi) is 2.85. The molecule has 2 aliphatic rings. The topological polar surface area (TPSA) is 9.23 Å². The zero-order valence-corrected chi connectivity index (χ0v) is 9.15. The van der Waals surface area contributed by atoms with Gasteiger partial charge in [0.15, 0.2) is 0 Å². The van der Waals surface area contributed by atoms with E-state index < -0.39 is 0 Å². The first kappa shape index (κ1) is 9.79. The number of hydrogen-bond acceptors (Lipinski definition) is 1. The minimum absolute atomic E-state index is 0.156. The Morgan fingerprint density at radius 1 is 1.38 bits per heavy atom. The Balaban J connectivity index is 2.03. The van der Waals surface area contributed by atoms with Gasteiger partial charge in [-0.15, -0.1) is 11.6 Å². The number of alkyl halides is 1. The van der Waals surface area contributed by atoms with Crippen LogP contribution in [0.25, 0.3) is 0 Å². The highest BCUT2D eigenvalue weighted by atomic mass is 35.5. The summed E-state index contributed by atoms with van der Waals surface area (Å²) in [7, 11) is 0. The minimum Gasteiger partial charge on any atom is -0.375 e. The largest absolute Gasteiger partial charge is 0.375 e. The molecule has 2 unspecified atom stereocenters. The normalized spacial score (nSPS) is 41.5. The summed E-state index contributed by atoms with van der Waals surface area (Å²) in [6.45, 7) is 3.12. The molecule has 0 aromatic heterocycles. The second kappa shape index (κ2) is 3.78. The van der Waals surface area contributed by atoms with Crippen LogP contribution in [0.15, 0.2) is 0 Å². The van der Waals surface area contributed by atoms with E-state index in [-0.39, 0.29) is 5.60 Å². The summed E-state index contributed by atoms with van der Waals surface area (Å²) >= 11 is 6.22. The fourth-order valence-electron chi connectivity index (χ4n) is 2.68. The predicted molar refractivity (Wildman–Crippen MR) is 55.2 cm³/mol. The van der Waals surface area contributed by atoms with Crippen molar-refractivity contribution in [3.63, 3.8) is 0 Å². The van der Waals surface area contributed by atoms with Gasteiger partial charge < -0.3 is 4.74 Å². The Morgan fingerprint density at radius 3 is 2.62 bits per heavy atom. The van der Waals surface area contributed by atoms with Crippen molar-refractivity contribution < 1.29 is 4.74 Å². The van der Waals surface area contributed by atoms with E-state index in [2.05, 4.69) is 6.92 Å². The predicted octanol–water partition coefficient (Wildman–Crippen LogP) is 3.35. The second-order valence-electron chi connectivity index (χ2n) is 4.48. The van der Waals surface area contributed by atoms with Crippen LogP contribution in [0.2, 0.25) is 0 Å². The second-order valence-corrected chi connectivity index (χ2v) is 5.10. The summed E-state index contributed by atoms with van der Waals surface area (Å²) in [5.41, 5.74) is 0.156. The van der Waals surface area contributed by atoms with Crippen LogP contribution in [-0.4, -0.2) is 17.6 Å². The van der Waals surface area contributed by atoms with Crippen LogP contribution in [-0.2, 0) is 4.74 Å². The van der Waals surface area contributed by atoms with Gasteiger partial charge in [0.2, 0.25) is 0 Å². The van der Waals surface area contributed by atoms with E-state index in [1.807, 2.05) is 0 Å². The van der Waals surface area contributed by atoms with Crippen LogP contribution in [0.1, 0.15) is 45.4 Å². The van der Waals surface area contributed by atoms with E-state index in [0.29, 0.717) is 5.38 Å². The van der Waals surface area contributed by atoms with Gasteiger partial charge in [-0.2, -0.15) is 0 Å². The molecule has 1 aliphatic carbocycles. The van der Waals surface area contributed by atoms with Crippen LogP contribution in [0, 0.1) is 5.92 Å². The van der Waals surface area contributed by atoms with E-state index in [4.69, 9.17) is 16.3 Å². The maximum absolute atomic E-state index is 6.22. The number of rotatable bonds is 2. The summed E-state index contributed by atoms with van der Waals surface area (Å²) in [6, 6.07) is 0. The monoisotopic (exact) mass is 202 g/mol. The van der Waals surface area contributed by atoms with Gasteiger partial charge in [0.1, 0.15) is 0 Å². The van der Waals surface area contributed by atoms with Crippen LogP contribution in [0.5, 0.6) is 0 Å². The lowest BCUT2D eigenvalue weighted by molar-refractivity contribution is -0.136. The summed E-state index contributed by atoms with van der Waals surface area (Å²) in [4.78, 5) is 0. The summed E-state index contributed by atoms with van der Waals surface area (Å²) in [6.07, 6.45) is 7.37. The minimum atomic E-state index is 0.156. The molecule has 1 saturated heterocycles. The standard InChI is InChI=1S/C11H19ClO/c1-2-11(9-4-3-5-9)8-10(12)6-7-13-11/h9-10H,2-8H2,1H3. The Morgan fingerprint density at radius 2 is 2.15 bits per heavy atom. The molecule has 0 aromatic carbocycles. The van der Waals surface area contributed by atoms with Crippen molar-refractivity contribution >= 4 is 11.6 Å². The zero-order chi connectivity index (χ0) is 9.31. The molecule has 13 heavy (non-hydrogen) atoms. The van der Waals surface area contributed by atoms with Crippen LogP contribution in [0.4, 0.5) is 0 Å². The lowest BCUT2D eigenvalue weighted by Gasteiger charge is -2.48. The van der Waals surface area contributed by atoms with Gasteiger partial charge in [-0.05, 0) is 38.0 Å². The van der Waals surface area contributed by atoms with Gasteiger partial charge >= 0.3 is 0 Å². The molecule has 1 saturated carbocycles. The maximum Gasteiger partial charge on any atom is 0.0722 e. The molecule has 0 aromatic rings. The lowest BCUT2D eigenvalue weighted by Crippen LogP contribution is -2.48. The molecule has 2 heteroatoms. The summed E-state index contributed by atoms with van der Waals surface area (Å²) < 4.78 is 6.00. The first-order valence-electron chi connectivity index (χ1n) is 5.55. The molecule has 0 N–H and O–H groups in total. The molecule has 0 amide bonds. The van der Waals surface area contributed by atoms with Crippen molar-refractivity contribution in [2.75, 3.05) is 6.61 Å². The van der Waals surface area contributed by atoms with Crippen LogP contribution >= 0.6 is 11.6 Å². The van der Waals surface area contributed by atoms with Crippen molar-refractivity contribution in [1.29, 1.82) is 0 Å². The molecule has 2 rings (SSSR count). The molecule has 2 atom stereocenters. The van der Waals surface area contributed by atoms with E-state index in [0.717, 1.165) is 31.8 Å². The van der Waals surface area contributed by atoms with Gasteiger partial charge in [-0.1, -0.05) is 13.3 Å². The molecule has 1 aliphatic heterocycles. The molecule has 2 fully saturated rings. The Hall–Kier alpha value is 0.250. The summed E-state index contributed by atoms with van der Waals surface area (Å²) in [5.74, 6) is 0.805. The first-order valence-corrected chi connectivity index (χ1v) is 5.98. The van der Waals surface area contributed by atoms with E-state index in [1.165, 1.54) is 19.3 Å². The third-order valence-electron chi connectivity index (χ3n) is 3.84. The van der Waals surface area contributed by atoms with Crippen molar-refractivity contribution in [2.45, 2.75) is 56.4 Å². The van der Waals surface area contributed by atoms with Gasteiger partial charge in [0, 0.05) is 12.0 Å². The maximum atomic E-state index is 6.22. The summed E-state index contributed by atoms with van der Waals surface area (Å²) in [5, 5.41) is 0.356. The molecule has 0 bridgehead atoms. The molecule has 1 nitrogen and oxygen atoms in total. The number of ether oxygens (including phenoxy) is 1.